The molecule has 6 nitrogen and oxygen atoms in total. The fourth-order valence-electron chi connectivity index (χ4n) is 4.35. The molecule has 3 heterocycles. The predicted molar refractivity (Wildman–Crippen MR) is 138 cm³/mol. The van der Waals surface area contributed by atoms with Crippen LogP contribution in [0, 0.1) is 0 Å². The molecule has 0 amide bonds. The van der Waals surface area contributed by atoms with Gasteiger partial charge >= 0.3 is 0 Å². The van der Waals surface area contributed by atoms with Crippen LogP contribution in [0.25, 0.3) is 67.1 Å². The highest BCUT2D eigenvalue weighted by molar-refractivity contribution is 6.28. The van der Waals surface area contributed by atoms with Gasteiger partial charge in [-0.05, 0) is 35.9 Å². The maximum atomic E-state index is 6.20. The van der Waals surface area contributed by atoms with E-state index in [2.05, 4.69) is 38.1 Å². The summed E-state index contributed by atoms with van der Waals surface area (Å²) in [6.45, 7) is 0. The number of para-hydroxylation sites is 1. The number of hydrogen-bond donors (Lipinski definition) is 1. The summed E-state index contributed by atoms with van der Waals surface area (Å²) in [5, 5.41) is 2.45. The van der Waals surface area contributed by atoms with Crippen molar-refractivity contribution in [2.75, 3.05) is 0 Å². The molecule has 0 saturated carbocycles. The molecule has 7 heteroatoms. The highest BCUT2D eigenvalue weighted by atomic mass is 35.5. The molecular formula is C28H16ClN5O. The number of aromatic nitrogens is 5. The van der Waals surface area contributed by atoms with Crippen LogP contribution in [0.1, 0.15) is 0 Å². The molecule has 0 atom stereocenters. The first-order valence-electron chi connectivity index (χ1n) is 11.1. The van der Waals surface area contributed by atoms with Gasteiger partial charge in [-0.25, -0.2) is 9.97 Å². The number of hydrogen-bond acceptors (Lipinski definition) is 5. The van der Waals surface area contributed by atoms with Crippen LogP contribution in [0.5, 0.6) is 0 Å². The van der Waals surface area contributed by atoms with Crippen molar-refractivity contribution in [3.8, 4) is 34.2 Å². The Balaban J connectivity index is 1.26. The van der Waals surface area contributed by atoms with Crippen LogP contribution in [-0.4, -0.2) is 24.9 Å². The van der Waals surface area contributed by atoms with Crippen LogP contribution in [0.2, 0.25) is 5.28 Å². The van der Waals surface area contributed by atoms with Crippen molar-refractivity contribution >= 4 is 44.5 Å². The molecule has 35 heavy (non-hydrogen) atoms. The van der Waals surface area contributed by atoms with Crippen molar-refractivity contribution in [3.05, 3.63) is 96.3 Å². The molecule has 7 rings (SSSR count). The third-order valence-electron chi connectivity index (χ3n) is 6.04. The van der Waals surface area contributed by atoms with Crippen LogP contribution in [-0.2, 0) is 0 Å². The zero-order valence-corrected chi connectivity index (χ0v) is 19.0. The predicted octanol–water partition coefficient (Wildman–Crippen LogP) is 7.30. The molecule has 0 aliphatic carbocycles. The number of halogens is 1. The van der Waals surface area contributed by atoms with Crippen LogP contribution in [0.15, 0.2) is 95.4 Å². The minimum Gasteiger partial charge on any atom is -0.436 e. The summed E-state index contributed by atoms with van der Waals surface area (Å²) < 4.78 is 6.11. The smallest absolute Gasteiger partial charge is 0.227 e. The monoisotopic (exact) mass is 473 g/mol. The van der Waals surface area contributed by atoms with Crippen molar-refractivity contribution < 1.29 is 4.42 Å². The summed E-state index contributed by atoms with van der Waals surface area (Å²) in [6, 6.07) is 29.8. The van der Waals surface area contributed by atoms with E-state index in [0.717, 1.165) is 44.2 Å². The summed E-state index contributed by atoms with van der Waals surface area (Å²) in [4.78, 5) is 21.4. The standard InChI is InChI=1S/C28H16ClN5O/c29-28-33-25(16-6-2-1-3-7-16)32-26(34-28)17-10-12-18(13-11-17)27-31-23-14-20-19-8-4-5-9-21(19)30-22(20)15-24(23)35-27/h1-15,30H. The van der Waals surface area contributed by atoms with Gasteiger partial charge in [0.25, 0.3) is 0 Å². The third kappa shape index (κ3) is 3.43. The Morgan fingerprint density at radius 2 is 1.29 bits per heavy atom. The Kier molecular flexibility index (Phi) is 4.40. The first kappa shape index (κ1) is 19.9. The molecule has 0 saturated heterocycles. The number of aromatic amines is 1. The number of rotatable bonds is 3. The Hall–Kier alpha value is -4.55. The Morgan fingerprint density at radius 1 is 0.600 bits per heavy atom. The highest BCUT2D eigenvalue weighted by Gasteiger charge is 2.14. The minimum absolute atomic E-state index is 0.153. The lowest BCUT2D eigenvalue weighted by molar-refractivity contribution is 0.620. The number of H-pyrrole nitrogens is 1. The summed E-state index contributed by atoms with van der Waals surface area (Å²) in [5.41, 5.74) is 6.24. The maximum absolute atomic E-state index is 6.20. The van der Waals surface area contributed by atoms with Crippen molar-refractivity contribution in [3.63, 3.8) is 0 Å². The normalized spacial score (nSPS) is 11.6. The number of benzene rings is 4. The number of nitrogens with zero attached hydrogens (tertiary/aromatic N) is 4. The number of oxazole rings is 1. The first-order chi connectivity index (χ1) is 17.2. The molecule has 0 aliphatic rings. The third-order valence-corrected chi connectivity index (χ3v) is 6.21. The van der Waals surface area contributed by atoms with Gasteiger partial charge in [0, 0.05) is 39.0 Å². The van der Waals surface area contributed by atoms with E-state index in [1.807, 2.05) is 72.8 Å². The second kappa shape index (κ2) is 7.75. The van der Waals surface area contributed by atoms with E-state index in [-0.39, 0.29) is 5.28 Å². The van der Waals surface area contributed by atoms with E-state index >= 15 is 0 Å². The van der Waals surface area contributed by atoms with Crippen molar-refractivity contribution in [2.24, 2.45) is 0 Å². The second-order valence-electron chi connectivity index (χ2n) is 8.25. The van der Waals surface area contributed by atoms with Crippen LogP contribution >= 0.6 is 11.6 Å². The van der Waals surface area contributed by atoms with Gasteiger partial charge in [0.15, 0.2) is 17.2 Å². The van der Waals surface area contributed by atoms with Gasteiger partial charge in [0.05, 0.1) is 5.52 Å². The topological polar surface area (TPSA) is 80.5 Å². The van der Waals surface area contributed by atoms with E-state index in [1.54, 1.807) is 0 Å². The average molecular weight is 474 g/mol. The first-order valence-corrected chi connectivity index (χ1v) is 11.5. The Bertz CT molecular complexity index is 1860. The van der Waals surface area contributed by atoms with Gasteiger partial charge in [-0.3, -0.25) is 0 Å². The minimum atomic E-state index is 0.153. The van der Waals surface area contributed by atoms with Gasteiger partial charge in [0.1, 0.15) is 5.52 Å². The number of fused-ring (bicyclic) bond motifs is 4. The van der Waals surface area contributed by atoms with Gasteiger partial charge < -0.3 is 9.40 Å². The maximum Gasteiger partial charge on any atom is 0.227 e. The van der Waals surface area contributed by atoms with Gasteiger partial charge in [-0.1, -0.05) is 60.7 Å². The fraction of sp³-hybridized carbons (Fsp3) is 0. The lowest BCUT2D eigenvalue weighted by Crippen LogP contribution is -1.97. The van der Waals surface area contributed by atoms with E-state index in [0.29, 0.717) is 17.5 Å². The Labute approximate surface area is 204 Å². The van der Waals surface area contributed by atoms with Gasteiger partial charge in [-0.2, -0.15) is 9.97 Å². The molecule has 166 valence electrons. The average Bonchev–Trinajstić information content (AvgIpc) is 3.48. The van der Waals surface area contributed by atoms with Crippen LogP contribution in [0.4, 0.5) is 0 Å². The molecule has 4 aromatic carbocycles. The second-order valence-corrected chi connectivity index (χ2v) is 8.59. The molecule has 0 bridgehead atoms. The largest absolute Gasteiger partial charge is 0.436 e. The molecule has 1 N–H and O–H groups in total. The van der Waals surface area contributed by atoms with E-state index in [1.165, 1.54) is 5.39 Å². The van der Waals surface area contributed by atoms with Gasteiger partial charge in [0.2, 0.25) is 11.2 Å². The fourth-order valence-corrected chi connectivity index (χ4v) is 4.51. The molecule has 0 radical (unpaired) electrons. The molecule has 3 aromatic heterocycles. The summed E-state index contributed by atoms with van der Waals surface area (Å²) in [7, 11) is 0. The Morgan fingerprint density at radius 3 is 2.09 bits per heavy atom. The lowest BCUT2D eigenvalue weighted by Gasteiger charge is -2.05. The van der Waals surface area contributed by atoms with E-state index in [4.69, 9.17) is 21.0 Å². The van der Waals surface area contributed by atoms with Gasteiger partial charge in [-0.15, -0.1) is 0 Å². The van der Waals surface area contributed by atoms with Crippen LogP contribution in [0.3, 0.4) is 0 Å². The summed E-state index contributed by atoms with van der Waals surface area (Å²) in [6.07, 6.45) is 0. The summed E-state index contributed by atoms with van der Waals surface area (Å²) in [5.74, 6) is 1.60. The van der Waals surface area contributed by atoms with E-state index in [9.17, 15) is 0 Å². The highest BCUT2D eigenvalue weighted by Crippen LogP contribution is 2.32. The molecule has 0 unspecified atom stereocenters. The zero-order valence-electron chi connectivity index (χ0n) is 18.2. The molecule has 7 aromatic rings. The molecule has 0 spiro atoms. The summed E-state index contributed by atoms with van der Waals surface area (Å²) >= 11 is 6.20. The number of nitrogens with one attached hydrogen (secondary N) is 1. The van der Waals surface area contributed by atoms with Crippen molar-refractivity contribution in [1.29, 1.82) is 0 Å². The van der Waals surface area contributed by atoms with Crippen molar-refractivity contribution in [2.45, 2.75) is 0 Å². The quantitative estimate of drug-likeness (QED) is 0.291. The SMILES string of the molecule is Clc1nc(-c2ccccc2)nc(-c2ccc(-c3nc4cc5c(cc4o3)[nH]c3ccccc35)cc2)n1. The molecule has 0 fully saturated rings. The zero-order chi connectivity index (χ0) is 23.4. The molecular weight excluding hydrogens is 458 g/mol. The molecule has 0 aliphatic heterocycles. The lowest BCUT2D eigenvalue weighted by atomic mass is 10.1. The van der Waals surface area contributed by atoms with Crippen molar-refractivity contribution in [1.82, 2.24) is 24.9 Å². The van der Waals surface area contributed by atoms with Crippen LogP contribution < -0.4 is 0 Å². The van der Waals surface area contributed by atoms with E-state index < -0.39 is 0 Å².